The summed E-state index contributed by atoms with van der Waals surface area (Å²) in [5.74, 6) is 0.456. The average molecular weight is 461 g/mol. The normalized spacial score (nSPS) is 47.0. The monoisotopic (exact) mass is 460 g/mol. The van der Waals surface area contributed by atoms with Crippen LogP contribution in [0.2, 0.25) is 0 Å². The molecule has 1 aliphatic heterocycles. The zero-order chi connectivity index (χ0) is 23.0. The highest BCUT2D eigenvalue weighted by Gasteiger charge is 2.47. The molecular weight excluding hydrogens is 417 g/mol. The minimum atomic E-state index is -4.16. The molecular formula is C24H43F3N4O. The van der Waals surface area contributed by atoms with Gasteiger partial charge in [-0.15, -0.1) is 0 Å². The first kappa shape index (κ1) is 24.7. The number of fused-ring (bicyclic) bond motifs is 1. The molecule has 6 N–H and O–H groups in total. The van der Waals surface area contributed by atoms with Crippen LogP contribution in [-0.4, -0.2) is 47.8 Å². The van der Waals surface area contributed by atoms with Crippen molar-refractivity contribution in [1.29, 1.82) is 0 Å². The molecule has 0 aromatic heterocycles. The molecule has 9 unspecified atom stereocenters. The maximum Gasteiger partial charge on any atom is 0.391 e. The standard InChI is InChI=1S/C24H43F3N4O/c1-13(17-9-18(24(25,26)27)12-19(28)10-17)29-23-21-11-16(15-3-6-20(32)7-4-15)5-8-22(21)30-14(2)31-23/h13-23,29-32H,3-12,28H2,1-2H3. The molecule has 0 aromatic carbocycles. The summed E-state index contributed by atoms with van der Waals surface area (Å²) in [5.41, 5.74) is 6.05. The van der Waals surface area contributed by atoms with Gasteiger partial charge in [0, 0.05) is 24.0 Å². The summed E-state index contributed by atoms with van der Waals surface area (Å²) in [6.07, 6.45) is 4.47. The summed E-state index contributed by atoms with van der Waals surface area (Å²) >= 11 is 0. The first-order chi connectivity index (χ1) is 15.1. The van der Waals surface area contributed by atoms with E-state index in [0.717, 1.165) is 38.5 Å². The molecule has 0 radical (unpaired) electrons. The lowest BCUT2D eigenvalue weighted by atomic mass is 9.67. The van der Waals surface area contributed by atoms with Gasteiger partial charge in [0.1, 0.15) is 0 Å². The first-order valence-corrected chi connectivity index (χ1v) is 12.9. The van der Waals surface area contributed by atoms with E-state index in [1.54, 1.807) is 0 Å². The van der Waals surface area contributed by atoms with Gasteiger partial charge in [-0.25, -0.2) is 0 Å². The number of rotatable bonds is 4. The Balaban J connectivity index is 1.40. The molecule has 0 spiro atoms. The van der Waals surface area contributed by atoms with Crippen molar-refractivity contribution in [3.63, 3.8) is 0 Å². The summed E-state index contributed by atoms with van der Waals surface area (Å²) < 4.78 is 40.2. The Kier molecular flexibility index (Phi) is 7.77. The van der Waals surface area contributed by atoms with E-state index in [-0.39, 0.29) is 49.3 Å². The minimum absolute atomic E-state index is 0.0140. The summed E-state index contributed by atoms with van der Waals surface area (Å²) in [6.45, 7) is 4.17. The Morgan fingerprint density at radius 3 is 2.31 bits per heavy atom. The smallest absolute Gasteiger partial charge is 0.391 e. The fourth-order valence-corrected chi connectivity index (χ4v) is 7.25. The number of aliphatic hydroxyl groups is 1. The van der Waals surface area contributed by atoms with Crippen molar-refractivity contribution in [2.45, 2.75) is 121 Å². The van der Waals surface area contributed by atoms with Gasteiger partial charge >= 0.3 is 6.18 Å². The lowest BCUT2D eigenvalue weighted by Crippen LogP contribution is -2.69. The van der Waals surface area contributed by atoms with Crippen LogP contribution in [0.25, 0.3) is 0 Å². The molecule has 1 saturated heterocycles. The molecule has 1 heterocycles. The third-order valence-corrected chi connectivity index (χ3v) is 9.06. The number of nitrogens with two attached hydrogens (primary N) is 1. The number of aliphatic hydroxyl groups excluding tert-OH is 1. The maximum atomic E-state index is 13.4. The van der Waals surface area contributed by atoms with Crippen LogP contribution in [0, 0.1) is 29.6 Å². The van der Waals surface area contributed by atoms with Gasteiger partial charge in [-0.3, -0.25) is 16.0 Å². The summed E-state index contributed by atoms with van der Waals surface area (Å²) in [7, 11) is 0. The van der Waals surface area contributed by atoms with Gasteiger partial charge in [-0.1, -0.05) is 0 Å². The molecule has 5 nitrogen and oxygen atoms in total. The van der Waals surface area contributed by atoms with E-state index in [1.807, 2.05) is 6.92 Å². The van der Waals surface area contributed by atoms with Gasteiger partial charge in [0.2, 0.25) is 0 Å². The zero-order valence-corrected chi connectivity index (χ0v) is 19.6. The van der Waals surface area contributed by atoms with E-state index in [2.05, 4.69) is 22.9 Å². The number of hydrogen-bond donors (Lipinski definition) is 5. The summed E-state index contributed by atoms with van der Waals surface area (Å²) in [6, 6.07) is 0.0516. The Labute approximate surface area is 190 Å². The van der Waals surface area contributed by atoms with E-state index >= 15 is 0 Å². The second kappa shape index (κ2) is 10.1. The molecule has 8 heteroatoms. The predicted octanol–water partition coefficient (Wildman–Crippen LogP) is 3.47. The molecule has 4 fully saturated rings. The average Bonchev–Trinajstić information content (AvgIpc) is 2.73. The van der Waals surface area contributed by atoms with E-state index in [9.17, 15) is 18.3 Å². The number of halogens is 3. The molecule has 0 amide bonds. The largest absolute Gasteiger partial charge is 0.393 e. The Hall–Kier alpha value is -0.410. The first-order valence-electron chi connectivity index (χ1n) is 12.9. The third kappa shape index (κ3) is 5.80. The van der Waals surface area contributed by atoms with Gasteiger partial charge in [-0.2, -0.15) is 13.2 Å². The van der Waals surface area contributed by atoms with Gasteiger partial charge in [-0.05, 0) is 95.8 Å². The SMILES string of the molecule is CC1NC2CCC(C3CCC(O)CC3)CC2C(NC(C)C2CC(N)CC(C(F)(F)F)C2)N1. The molecule has 0 bridgehead atoms. The highest BCUT2D eigenvalue weighted by Crippen LogP contribution is 2.43. The van der Waals surface area contributed by atoms with Crippen molar-refractivity contribution in [2.24, 2.45) is 35.3 Å². The quantitative estimate of drug-likeness (QED) is 0.444. The van der Waals surface area contributed by atoms with Crippen LogP contribution in [0.4, 0.5) is 13.2 Å². The molecule has 0 aromatic rings. The van der Waals surface area contributed by atoms with Gasteiger partial charge in [0.25, 0.3) is 0 Å². The van der Waals surface area contributed by atoms with E-state index in [1.165, 1.54) is 6.42 Å². The van der Waals surface area contributed by atoms with Crippen LogP contribution < -0.4 is 21.7 Å². The Morgan fingerprint density at radius 2 is 1.62 bits per heavy atom. The number of nitrogens with one attached hydrogen (secondary N) is 3. The molecule has 186 valence electrons. The molecule has 3 saturated carbocycles. The van der Waals surface area contributed by atoms with Gasteiger partial charge < -0.3 is 10.8 Å². The van der Waals surface area contributed by atoms with E-state index in [4.69, 9.17) is 5.73 Å². The topological polar surface area (TPSA) is 82.3 Å². The summed E-state index contributed by atoms with van der Waals surface area (Å²) in [5, 5.41) is 21.0. The van der Waals surface area contributed by atoms with E-state index < -0.39 is 12.1 Å². The second-order valence-corrected chi connectivity index (χ2v) is 11.4. The van der Waals surface area contributed by atoms with Crippen LogP contribution in [0.3, 0.4) is 0 Å². The zero-order valence-electron chi connectivity index (χ0n) is 19.6. The minimum Gasteiger partial charge on any atom is -0.393 e. The number of hydrogen-bond acceptors (Lipinski definition) is 5. The molecule has 4 rings (SSSR count). The fourth-order valence-electron chi connectivity index (χ4n) is 7.25. The van der Waals surface area contributed by atoms with Crippen LogP contribution in [0.15, 0.2) is 0 Å². The lowest BCUT2D eigenvalue weighted by molar-refractivity contribution is -0.188. The highest BCUT2D eigenvalue weighted by atomic mass is 19.4. The van der Waals surface area contributed by atoms with Crippen LogP contribution in [0.5, 0.6) is 0 Å². The number of alkyl halides is 3. The molecule has 9 atom stereocenters. The molecule has 3 aliphatic carbocycles. The van der Waals surface area contributed by atoms with Crippen molar-refractivity contribution >= 4 is 0 Å². The van der Waals surface area contributed by atoms with Gasteiger partial charge in [0.15, 0.2) is 0 Å². The third-order valence-electron chi connectivity index (χ3n) is 9.06. The van der Waals surface area contributed by atoms with Crippen molar-refractivity contribution in [3.05, 3.63) is 0 Å². The van der Waals surface area contributed by atoms with Crippen molar-refractivity contribution in [2.75, 3.05) is 0 Å². The maximum absolute atomic E-state index is 13.4. The lowest BCUT2D eigenvalue weighted by Gasteiger charge is -2.50. The van der Waals surface area contributed by atoms with Crippen molar-refractivity contribution in [1.82, 2.24) is 16.0 Å². The Morgan fingerprint density at radius 1 is 0.938 bits per heavy atom. The fraction of sp³-hybridized carbons (Fsp3) is 1.00. The van der Waals surface area contributed by atoms with Crippen molar-refractivity contribution < 1.29 is 18.3 Å². The van der Waals surface area contributed by atoms with E-state index in [0.29, 0.717) is 30.2 Å². The second-order valence-electron chi connectivity index (χ2n) is 11.4. The Bertz CT molecular complexity index is 613. The van der Waals surface area contributed by atoms with Crippen LogP contribution >= 0.6 is 0 Å². The van der Waals surface area contributed by atoms with Gasteiger partial charge in [0.05, 0.1) is 24.4 Å². The molecule has 32 heavy (non-hydrogen) atoms. The van der Waals surface area contributed by atoms with Crippen LogP contribution in [0.1, 0.15) is 78.1 Å². The molecule has 4 aliphatic rings. The van der Waals surface area contributed by atoms with Crippen LogP contribution in [-0.2, 0) is 0 Å². The highest BCUT2D eigenvalue weighted by molar-refractivity contribution is 4.99. The van der Waals surface area contributed by atoms with Crippen molar-refractivity contribution in [3.8, 4) is 0 Å². The predicted molar refractivity (Wildman–Crippen MR) is 120 cm³/mol. The summed E-state index contributed by atoms with van der Waals surface area (Å²) in [4.78, 5) is 0.